The highest BCUT2D eigenvalue weighted by Gasteiger charge is 2.26. The van der Waals surface area contributed by atoms with Gasteiger partial charge in [0.05, 0.1) is 13.7 Å². The minimum atomic E-state index is -0.593. The van der Waals surface area contributed by atoms with E-state index in [-0.39, 0.29) is 18.4 Å². The standard InChI is InChI=1S/C18H28N2O3/c1-6-13(2)17(18(22)23-5)19-16(21)12-20(4)11-15-10-8-7-9-14(15)3/h7-10,13,17H,6,11-12H2,1-5H3,(H,19,21). The topological polar surface area (TPSA) is 58.6 Å². The molecule has 2 unspecified atom stereocenters. The number of rotatable bonds is 8. The lowest BCUT2D eigenvalue weighted by Gasteiger charge is -2.24. The van der Waals surface area contributed by atoms with Gasteiger partial charge >= 0.3 is 5.97 Å². The molecule has 0 spiro atoms. The van der Waals surface area contributed by atoms with E-state index >= 15 is 0 Å². The summed E-state index contributed by atoms with van der Waals surface area (Å²) >= 11 is 0. The van der Waals surface area contributed by atoms with E-state index in [9.17, 15) is 9.59 Å². The number of aryl methyl sites for hydroxylation is 1. The van der Waals surface area contributed by atoms with Crippen LogP contribution in [0.4, 0.5) is 0 Å². The van der Waals surface area contributed by atoms with Gasteiger partial charge in [-0.25, -0.2) is 4.79 Å². The normalized spacial score (nSPS) is 13.5. The first-order valence-electron chi connectivity index (χ1n) is 7.99. The highest BCUT2D eigenvalue weighted by Crippen LogP contribution is 2.11. The summed E-state index contributed by atoms with van der Waals surface area (Å²) in [4.78, 5) is 26.0. The number of carbonyl (C=O) groups excluding carboxylic acids is 2. The number of methoxy groups -OCH3 is 1. The van der Waals surface area contributed by atoms with Gasteiger partial charge in [-0.05, 0) is 31.0 Å². The highest BCUT2D eigenvalue weighted by molar-refractivity contribution is 5.85. The Morgan fingerprint density at radius 1 is 1.30 bits per heavy atom. The lowest BCUT2D eigenvalue weighted by Crippen LogP contribution is -2.48. The fourth-order valence-corrected chi connectivity index (χ4v) is 2.39. The van der Waals surface area contributed by atoms with Crippen molar-refractivity contribution in [1.82, 2.24) is 10.2 Å². The van der Waals surface area contributed by atoms with Crippen LogP contribution in [0.5, 0.6) is 0 Å². The van der Waals surface area contributed by atoms with Gasteiger partial charge in [0.15, 0.2) is 0 Å². The average molecular weight is 320 g/mol. The zero-order valence-corrected chi connectivity index (χ0v) is 14.8. The number of hydrogen-bond donors (Lipinski definition) is 1. The molecule has 0 radical (unpaired) electrons. The van der Waals surface area contributed by atoms with Crippen molar-refractivity contribution in [2.75, 3.05) is 20.7 Å². The zero-order valence-electron chi connectivity index (χ0n) is 14.8. The van der Waals surface area contributed by atoms with E-state index in [1.807, 2.05) is 37.9 Å². The molecule has 0 aliphatic heterocycles. The molecule has 128 valence electrons. The number of nitrogens with zero attached hydrogens (tertiary/aromatic N) is 1. The average Bonchev–Trinajstić information content (AvgIpc) is 2.53. The minimum absolute atomic E-state index is 0.0353. The fraction of sp³-hybridized carbons (Fsp3) is 0.556. The summed E-state index contributed by atoms with van der Waals surface area (Å²) in [5.41, 5.74) is 2.39. The van der Waals surface area contributed by atoms with Crippen LogP contribution in [0.25, 0.3) is 0 Å². The molecule has 1 aromatic rings. The van der Waals surface area contributed by atoms with Crippen molar-refractivity contribution in [2.45, 2.75) is 39.8 Å². The first kappa shape index (κ1) is 19.2. The quantitative estimate of drug-likeness (QED) is 0.746. The molecule has 1 aromatic carbocycles. The van der Waals surface area contributed by atoms with Crippen LogP contribution in [0, 0.1) is 12.8 Å². The van der Waals surface area contributed by atoms with E-state index in [4.69, 9.17) is 4.74 Å². The van der Waals surface area contributed by atoms with Crippen LogP contribution in [0.2, 0.25) is 0 Å². The van der Waals surface area contributed by atoms with Crippen molar-refractivity contribution in [3.05, 3.63) is 35.4 Å². The minimum Gasteiger partial charge on any atom is -0.467 e. The third kappa shape index (κ3) is 6.02. The second-order valence-electron chi connectivity index (χ2n) is 6.05. The van der Waals surface area contributed by atoms with Crippen molar-refractivity contribution in [1.29, 1.82) is 0 Å². The Morgan fingerprint density at radius 2 is 1.96 bits per heavy atom. The van der Waals surface area contributed by atoms with Gasteiger partial charge in [0.1, 0.15) is 6.04 Å². The maximum atomic E-state index is 12.2. The van der Waals surface area contributed by atoms with Gasteiger partial charge in [0.25, 0.3) is 0 Å². The molecule has 23 heavy (non-hydrogen) atoms. The summed E-state index contributed by atoms with van der Waals surface area (Å²) in [6.45, 7) is 6.89. The number of ether oxygens (including phenoxy) is 1. The van der Waals surface area contributed by atoms with E-state index < -0.39 is 12.0 Å². The van der Waals surface area contributed by atoms with E-state index in [0.717, 1.165) is 6.42 Å². The third-order valence-corrected chi connectivity index (χ3v) is 4.10. The molecule has 0 saturated carbocycles. The molecular weight excluding hydrogens is 292 g/mol. The van der Waals surface area contributed by atoms with E-state index in [2.05, 4.69) is 24.4 Å². The highest BCUT2D eigenvalue weighted by atomic mass is 16.5. The summed E-state index contributed by atoms with van der Waals surface area (Å²) in [5, 5.41) is 2.79. The van der Waals surface area contributed by atoms with Crippen molar-refractivity contribution in [3.8, 4) is 0 Å². The van der Waals surface area contributed by atoms with E-state index in [0.29, 0.717) is 6.54 Å². The Balaban J connectivity index is 2.60. The molecular formula is C18H28N2O3. The van der Waals surface area contributed by atoms with Crippen LogP contribution < -0.4 is 5.32 Å². The van der Waals surface area contributed by atoms with E-state index in [1.165, 1.54) is 18.2 Å². The fourth-order valence-electron chi connectivity index (χ4n) is 2.39. The molecule has 1 rings (SSSR count). The van der Waals surface area contributed by atoms with Gasteiger partial charge in [0.2, 0.25) is 5.91 Å². The molecule has 1 N–H and O–H groups in total. The van der Waals surface area contributed by atoms with E-state index in [1.54, 1.807) is 0 Å². The van der Waals surface area contributed by atoms with Crippen molar-refractivity contribution >= 4 is 11.9 Å². The smallest absolute Gasteiger partial charge is 0.328 e. The summed E-state index contributed by atoms with van der Waals surface area (Å²) in [6.07, 6.45) is 0.791. The molecule has 0 aliphatic rings. The number of esters is 1. The predicted molar refractivity (Wildman–Crippen MR) is 90.9 cm³/mol. The Labute approximate surface area is 139 Å². The lowest BCUT2D eigenvalue weighted by atomic mass is 9.99. The Kier molecular flexibility index (Phi) is 7.75. The number of likely N-dealkylation sites (N-methyl/N-ethyl adjacent to an activating group) is 1. The first-order chi connectivity index (χ1) is 10.9. The maximum absolute atomic E-state index is 12.2. The molecule has 5 heteroatoms. The monoisotopic (exact) mass is 320 g/mol. The Bertz CT molecular complexity index is 531. The zero-order chi connectivity index (χ0) is 17.4. The molecule has 5 nitrogen and oxygen atoms in total. The molecule has 0 saturated heterocycles. The van der Waals surface area contributed by atoms with Crippen LogP contribution >= 0.6 is 0 Å². The molecule has 0 bridgehead atoms. The van der Waals surface area contributed by atoms with Crippen LogP contribution in [0.3, 0.4) is 0 Å². The molecule has 0 fully saturated rings. The van der Waals surface area contributed by atoms with Crippen molar-refractivity contribution < 1.29 is 14.3 Å². The predicted octanol–water partition coefficient (Wildman–Crippen LogP) is 2.13. The number of benzene rings is 1. The van der Waals surface area contributed by atoms with Gasteiger partial charge in [-0.1, -0.05) is 44.5 Å². The first-order valence-corrected chi connectivity index (χ1v) is 7.99. The Morgan fingerprint density at radius 3 is 2.52 bits per heavy atom. The second-order valence-corrected chi connectivity index (χ2v) is 6.05. The molecule has 0 aromatic heterocycles. The third-order valence-electron chi connectivity index (χ3n) is 4.10. The SMILES string of the molecule is CCC(C)C(NC(=O)CN(C)Cc1ccccc1C)C(=O)OC. The molecule has 2 atom stereocenters. The number of amides is 1. The van der Waals surface area contributed by atoms with Crippen molar-refractivity contribution in [2.24, 2.45) is 5.92 Å². The Hall–Kier alpha value is -1.88. The van der Waals surface area contributed by atoms with Gasteiger partial charge in [-0.2, -0.15) is 0 Å². The maximum Gasteiger partial charge on any atom is 0.328 e. The molecule has 1 amide bonds. The number of carbonyl (C=O) groups is 2. The molecule has 0 aliphatic carbocycles. The van der Waals surface area contributed by atoms with Gasteiger partial charge in [0, 0.05) is 6.54 Å². The summed E-state index contributed by atoms with van der Waals surface area (Å²) in [5.74, 6) is -0.529. The number of hydrogen-bond acceptors (Lipinski definition) is 4. The summed E-state index contributed by atoms with van der Waals surface area (Å²) < 4.78 is 4.79. The summed E-state index contributed by atoms with van der Waals surface area (Å²) in [7, 11) is 3.23. The van der Waals surface area contributed by atoms with Crippen LogP contribution in [-0.2, 0) is 20.9 Å². The van der Waals surface area contributed by atoms with Crippen LogP contribution in [0.1, 0.15) is 31.4 Å². The van der Waals surface area contributed by atoms with Crippen LogP contribution in [0.15, 0.2) is 24.3 Å². The number of nitrogens with one attached hydrogen (secondary N) is 1. The largest absolute Gasteiger partial charge is 0.467 e. The van der Waals surface area contributed by atoms with Gasteiger partial charge < -0.3 is 10.1 Å². The van der Waals surface area contributed by atoms with Gasteiger partial charge in [-0.15, -0.1) is 0 Å². The second kappa shape index (κ2) is 9.30. The van der Waals surface area contributed by atoms with Crippen LogP contribution in [-0.4, -0.2) is 43.5 Å². The van der Waals surface area contributed by atoms with Gasteiger partial charge in [-0.3, -0.25) is 9.69 Å². The lowest BCUT2D eigenvalue weighted by molar-refractivity contribution is -0.146. The summed E-state index contributed by atoms with van der Waals surface area (Å²) in [6, 6.07) is 7.51. The molecule has 0 heterocycles. The van der Waals surface area contributed by atoms with Crippen molar-refractivity contribution in [3.63, 3.8) is 0 Å².